The molecule has 2 aromatic carbocycles. The summed E-state index contributed by atoms with van der Waals surface area (Å²) in [6, 6.07) is 10.4. The van der Waals surface area contributed by atoms with Gasteiger partial charge in [-0.1, -0.05) is 56.1 Å². The van der Waals surface area contributed by atoms with Crippen molar-refractivity contribution in [1.29, 1.82) is 0 Å². The van der Waals surface area contributed by atoms with E-state index in [9.17, 15) is 19.2 Å². The normalized spacial score (nSPS) is 23.1. The van der Waals surface area contributed by atoms with E-state index in [2.05, 4.69) is 53.1 Å². The number of imide groups is 2. The van der Waals surface area contributed by atoms with Crippen LogP contribution in [-0.4, -0.2) is 23.9 Å². The van der Waals surface area contributed by atoms with E-state index in [1.54, 1.807) is 48.5 Å². The number of nitrogens with one attached hydrogen (secondary N) is 4. The molecule has 148 valence electrons. The molecular weight excluding hydrogens is 508 g/mol. The van der Waals surface area contributed by atoms with Crippen molar-refractivity contribution >= 4 is 55.7 Å². The number of hydrogen-bond acceptors (Lipinski definition) is 4. The summed E-state index contributed by atoms with van der Waals surface area (Å²) in [6.45, 7) is 0. The second kappa shape index (κ2) is 7.27. The summed E-state index contributed by atoms with van der Waals surface area (Å²) in [5, 5.41) is 9.77. The molecule has 1 spiro atoms. The number of amides is 6. The standard InChI is InChI=1S/C19H14Br2N4O4/c20-11-5-1-3-9(7-11)13-19(15(26)24-18(29)25-16(19)27)14(23-17(28)22-13)10-4-2-6-12(21)8-10/h1-8,13-14H,(H2,22,23,28)(H2,24,25,26,27,29). The summed E-state index contributed by atoms with van der Waals surface area (Å²) in [7, 11) is 0. The van der Waals surface area contributed by atoms with Crippen LogP contribution in [0.15, 0.2) is 57.5 Å². The molecule has 2 heterocycles. The number of carbonyl (C=O) groups excluding carboxylic acids is 4. The third-order valence-corrected chi connectivity index (χ3v) is 6.02. The van der Waals surface area contributed by atoms with E-state index >= 15 is 0 Å². The first kappa shape index (κ1) is 19.6. The summed E-state index contributed by atoms with van der Waals surface area (Å²) < 4.78 is 1.43. The van der Waals surface area contributed by atoms with Gasteiger partial charge in [0.25, 0.3) is 0 Å². The molecule has 4 N–H and O–H groups in total. The summed E-state index contributed by atoms with van der Waals surface area (Å²) in [5.41, 5.74) is -0.772. The van der Waals surface area contributed by atoms with E-state index in [0.29, 0.717) is 20.1 Å². The molecule has 2 aliphatic heterocycles. The van der Waals surface area contributed by atoms with Gasteiger partial charge in [0.2, 0.25) is 11.8 Å². The minimum atomic E-state index is -1.84. The molecule has 2 aliphatic rings. The fourth-order valence-electron chi connectivity index (χ4n) is 3.83. The molecule has 2 aromatic rings. The Morgan fingerprint density at radius 3 is 1.55 bits per heavy atom. The fourth-order valence-corrected chi connectivity index (χ4v) is 4.67. The van der Waals surface area contributed by atoms with Crippen LogP contribution < -0.4 is 21.3 Å². The van der Waals surface area contributed by atoms with Crippen molar-refractivity contribution in [1.82, 2.24) is 21.3 Å². The number of carbonyl (C=O) groups is 4. The second-order valence-corrected chi connectivity index (χ2v) is 8.53. The molecule has 0 aromatic heterocycles. The summed E-state index contributed by atoms with van der Waals surface area (Å²) >= 11 is 6.75. The number of rotatable bonds is 2. The molecule has 0 bridgehead atoms. The smallest absolute Gasteiger partial charge is 0.328 e. The van der Waals surface area contributed by atoms with Crippen LogP contribution in [-0.2, 0) is 9.59 Å². The molecule has 8 nitrogen and oxygen atoms in total. The zero-order chi connectivity index (χ0) is 20.8. The van der Waals surface area contributed by atoms with Crippen LogP contribution in [0.3, 0.4) is 0 Å². The van der Waals surface area contributed by atoms with Gasteiger partial charge in [-0.25, -0.2) is 9.59 Å². The van der Waals surface area contributed by atoms with E-state index in [1.165, 1.54) is 0 Å². The number of hydrogen-bond donors (Lipinski definition) is 4. The molecule has 6 amide bonds. The van der Waals surface area contributed by atoms with E-state index in [4.69, 9.17) is 0 Å². The lowest BCUT2D eigenvalue weighted by atomic mass is 9.65. The Kier molecular flexibility index (Phi) is 4.91. The van der Waals surface area contributed by atoms with Crippen LogP contribution in [0.25, 0.3) is 0 Å². The molecule has 4 rings (SSSR count). The van der Waals surface area contributed by atoms with Crippen molar-refractivity contribution in [3.63, 3.8) is 0 Å². The van der Waals surface area contributed by atoms with E-state index in [0.717, 1.165) is 0 Å². The van der Waals surface area contributed by atoms with Crippen LogP contribution in [0.2, 0.25) is 0 Å². The van der Waals surface area contributed by atoms with Crippen molar-refractivity contribution in [3.05, 3.63) is 68.6 Å². The van der Waals surface area contributed by atoms with E-state index in [-0.39, 0.29) is 0 Å². The van der Waals surface area contributed by atoms with Crippen molar-refractivity contribution in [2.75, 3.05) is 0 Å². The summed E-state index contributed by atoms with van der Waals surface area (Å²) in [5.74, 6) is -1.59. The molecule has 0 radical (unpaired) electrons. The van der Waals surface area contributed by atoms with Crippen LogP contribution in [0, 0.1) is 5.41 Å². The molecule has 0 saturated carbocycles. The maximum absolute atomic E-state index is 13.2. The molecule has 0 aliphatic carbocycles. The van der Waals surface area contributed by atoms with Crippen LogP contribution in [0.4, 0.5) is 9.59 Å². The molecule has 29 heavy (non-hydrogen) atoms. The molecular formula is C19H14Br2N4O4. The van der Waals surface area contributed by atoms with Gasteiger partial charge in [-0.15, -0.1) is 0 Å². The van der Waals surface area contributed by atoms with Gasteiger partial charge >= 0.3 is 12.1 Å². The highest BCUT2D eigenvalue weighted by atomic mass is 79.9. The Morgan fingerprint density at radius 2 is 1.14 bits per heavy atom. The van der Waals surface area contributed by atoms with Crippen LogP contribution in [0.5, 0.6) is 0 Å². The highest BCUT2D eigenvalue weighted by Gasteiger charge is 2.64. The highest BCUT2D eigenvalue weighted by Crippen LogP contribution is 2.48. The lowest BCUT2D eigenvalue weighted by molar-refractivity contribution is -0.150. The lowest BCUT2D eigenvalue weighted by Crippen LogP contribution is -2.73. The Hall–Kier alpha value is -2.72. The van der Waals surface area contributed by atoms with Crippen LogP contribution >= 0.6 is 31.9 Å². The number of urea groups is 2. The topological polar surface area (TPSA) is 116 Å². The van der Waals surface area contributed by atoms with Gasteiger partial charge in [-0.05, 0) is 35.4 Å². The maximum Gasteiger partial charge on any atom is 0.328 e. The molecule has 2 atom stereocenters. The SMILES string of the molecule is O=C1NC(=O)C2(C(=O)N1)C(c1cccc(Br)c1)NC(=O)NC2c1cccc(Br)c1. The van der Waals surface area contributed by atoms with Crippen molar-refractivity contribution in [2.45, 2.75) is 12.1 Å². The zero-order valence-corrected chi connectivity index (χ0v) is 17.8. The van der Waals surface area contributed by atoms with Crippen LogP contribution in [0.1, 0.15) is 23.2 Å². The highest BCUT2D eigenvalue weighted by molar-refractivity contribution is 9.10. The molecule has 2 saturated heterocycles. The number of halogens is 2. The predicted molar refractivity (Wildman–Crippen MR) is 110 cm³/mol. The molecule has 2 fully saturated rings. The van der Waals surface area contributed by atoms with E-state index in [1.807, 2.05) is 0 Å². The minimum Gasteiger partial charge on any atom is -0.330 e. The third-order valence-electron chi connectivity index (χ3n) is 5.03. The maximum atomic E-state index is 13.2. The average molecular weight is 522 g/mol. The van der Waals surface area contributed by atoms with Gasteiger partial charge < -0.3 is 10.6 Å². The first-order valence-electron chi connectivity index (χ1n) is 8.57. The molecule has 2 unspecified atom stereocenters. The Bertz CT molecular complexity index is 979. The van der Waals surface area contributed by atoms with Crippen molar-refractivity contribution < 1.29 is 19.2 Å². The largest absolute Gasteiger partial charge is 0.330 e. The minimum absolute atomic E-state index is 0.536. The van der Waals surface area contributed by atoms with Crippen molar-refractivity contribution in [2.24, 2.45) is 5.41 Å². The first-order chi connectivity index (χ1) is 13.8. The molecule has 10 heteroatoms. The number of barbiturate groups is 1. The first-order valence-corrected chi connectivity index (χ1v) is 10.2. The average Bonchev–Trinajstić information content (AvgIpc) is 2.66. The van der Waals surface area contributed by atoms with Gasteiger partial charge in [-0.2, -0.15) is 0 Å². The van der Waals surface area contributed by atoms with Crippen molar-refractivity contribution in [3.8, 4) is 0 Å². The van der Waals surface area contributed by atoms with Gasteiger partial charge in [0, 0.05) is 8.95 Å². The van der Waals surface area contributed by atoms with Gasteiger partial charge in [-0.3, -0.25) is 20.2 Å². The fraction of sp³-hybridized carbons (Fsp3) is 0.158. The monoisotopic (exact) mass is 520 g/mol. The third kappa shape index (κ3) is 3.22. The van der Waals surface area contributed by atoms with Gasteiger partial charge in [0.05, 0.1) is 12.1 Å². The predicted octanol–water partition coefficient (Wildman–Crippen LogP) is 2.66. The van der Waals surface area contributed by atoms with Gasteiger partial charge in [0.15, 0.2) is 5.41 Å². The number of benzene rings is 2. The lowest BCUT2D eigenvalue weighted by Gasteiger charge is -2.48. The summed E-state index contributed by atoms with van der Waals surface area (Å²) in [4.78, 5) is 50.8. The quantitative estimate of drug-likeness (QED) is 0.454. The Balaban J connectivity index is 1.96. The Labute approximate surface area is 182 Å². The van der Waals surface area contributed by atoms with E-state index < -0.39 is 41.4 Å². The second-order valence-electron chi connectivity index (χ2n) is 6.70. The van der Waals surface area contributed by atoms with Gasteiger partial charge in [0.1, 0.15) is 0 Å². The summed E-state index contributed by atoms with van der Waals surface area (Å²) in [6.07, 6.45) is 0. The Morgan fingerprint density at radius 1 is 0.690 bits per heavy atom. The zero-order valence-electron chi connectivity index (χ0n) is 14.7.